The number of aromatic nitrogens is 1. The standard InChI is InChI=1S/C28H28ClFN4O2.2C2HF3O2/c1-4-35-23-14-20(27(30)25(15-23)36-17(2)3)16-34(22-9-5-18(6-10-22)28(31)32)26-12-7-19-13-21(29)8-11-24(19)33-26;2*3-2(4,5)1(6)7/h5-15,17H,4,16H2,1-3H3,(H3,31,32);2*(H,6,7). The molecule has 0 bridgehead atoms. The van der Waals surface area contributed by atoms with E-state index >= 15 is 4.39 Å². The molecule has 0 saturated carbocycles. The molecule has 0 radical (unpaired) electrons. The van der Waals surface area contributed by atoms with Crippen molar-refractivity contribution in [3.63, 3.8) is 0 Å². The van der Waals surface area contributed by atoms with E-state index in [0.717, 1.165) is 16.6 Å². The van der Waals surface area contributed by atoms with Gasteiger partial charge < -0.3 is 30.3 Å². The monoisotopic (exact) mass is 734 g/mol. The molecule has 1 aromatic heterocycles. The highest BCUT2D eigenvalue weighted by Gasteiger charge is 2.38. The molecule has 0 spiro atoms. The van der Waals surface area contributed by atoms with Gasteiger partial charge >= 0.3 is 24.3 Å². The van der Waals surface area contributed by atoms with Gasteiger partial charge in [-0.3, -0.25) is 5.41 Å². The number of benzene rings is 3. The SMILES string of the molecule is CCOc1cc(CN(c2ccc(C(=N)N)cc2)c2ccc3cc(Cl)ccc3n2)c(F)c(OC(C)C)c1.O=C(O)C(F)(F)F.O=C(O)C(F)(F)F. The van der Waals surface area contributed by atoms with Gasteiger partial charge in [0.05, 0.1) is 24.8 Å². The molecule has 10 nitrogen and oxygen atoms in total. The quantitative estimate of drug-likeness (QED) is 0.0757. The molecule has 0 amide bonds. The number of aliphatic carboxylic acids is 2. The van der Waals surface area contributed by atoms with Crippen LogP contribution in [0, 0.1) is 11.2 Å². The summed E-state index contributed by atoms with van der Waals surface area (Å²) in [6, 6.07) is 19.7. The van der Waals surface area contributed by atoms with Gasteiger partial charge in [0.25, 0.3) is 0 Å². The Balaban J connectivity index is 0.000000521. The summed E-state index contributed by atoms with van der Waals surface area (Å²) in [4.78, 5) is 24.5. The lowest BCUT2D eigenvalue weighted by atomic mass is 10.1. The number of carbonyl (C=O) groups is 2. The molecule has 5 N–H and O–H groups in total. The lowest BCUT2D eigenvalue weighted by Gasteiger charge is -2.26. The summed E-state index contributed by atoms with van der Waals surface area (Å²) in [5.41, 5.74) is 8.14. The second-order valence-corrected chi connectivity index (χ2v) is 10.6. The van der Waals surface area contributed by atoms with Crippen molar-refractivity contribution in [2.24, 2.45) is 5.73 Å². The highest BCUT2D eigenvalue weighted by atomic mass is 35.5. The third-order valence-electron chi connectivity index (χ3n) is 5.98. The Morgan fingerprint density at radius 1 is 0.940 bits per heavy atom. The van der Waals surface area contributed by atoms with Gasteiger partial charge in [-0.1, -0.05) is 11.6 Å². The minimum Gasteiger partial charge on any atom is -0.494 e. The van der Waals surface area contributed by atoms with Crippen LogP contribution in [0.3, 0.4) is 0 Å². The van der Waals surface area contributed by atoms with E-state index in [4.69, 9.17) is 57.0 Å². The molecule has 0 fully saturated rings. The molecule has 4 rings (SSSR count). The number of nitrogen functional groups attached to an aromatic ring is 1. The maximum absolute atomic E-state index is 15.6. The number of halogens is 8. The first-order valence-electron chi connectivity index (χ1n) is 14.1. The maximum atomic E-state index is 15.6. The van der Waals surface area contributed by atoms with E-state index in [9.17, 15) is 26.3 Å². The van der Waals surface area contributed by atoms with Gasteiger partial charge in [-0.15, -0.1) is 0 Å². The minimum atomic E-state index is -5.08. The normalized spacial score (nSPS) is 11.1. The number of rotatable bonds is 9. The number of carboxylic acids is 2. The Bertz CT molecular complexity index is 1780. The molecule has 50 heavy (non-hydrogen) atoms. The summed E-state index contributed by atoms with van der Waals surface area (Å²) in [6.07, 6.45) is -10.4. The van der Waals surface area contributed by atoms with Gasteiger partial charge in [0.1, 0.15) is 17.4 Å². The summed E-state index contributed by atoms with van der Waals surface area (Å²) >= 11 is 6.14. The van der Waals surface area contributed by atoms with Crippen molar-refractivity contribution in [2.75, 3.05) is 11.5 Å². The minimum absolute atomic E-state index is 0.0280. The molecule has 0 unspecified atom stereocenters. The zero-order chi connectivity index (χ0) is 38.0. The number of nitrogens with zero attached hydrogens (tertiary/aromatic N) is 2. The zero-order valence-corrected chi connectivity index (χ0v) is 27.1. The second-order valence-electron chi connectivity index (χ2n) is 10.2. The first kappa shape index (κ1) is 40.9. The fourth-order valence-electron chi connectivity index (χ4n) is 3.86. The summed E-state index contributed by atoms with van der Waals surface area (Å²) in [5.74, 6) is -4.71. The maximum Gasteiger partial charge on any atom is 0.490 e. The number of anilines is 2. The number of hydrogen-bond donors (Lipinski definition) is 4. The summed E-state index contributed by atoms with van der Waals surface area (Å²) in [6.45, 7) is 6.17. The lowest BCUT2D eigenvalue weighted by molar-refractivity contribution is -0.193. The number of nitrogens with two attached hydrogens (primary N) is 1. The molecule has 270 valence electrons. The molecule has 3 aromatic carbocycles. The largest absolute Gasteiger partial charge is 0.494 e. The molecular weight excluding hydrogens is 705 g/mol. The summed E-state index contributed by atoms with van der Waals surface area (Å²) in [7, 11) is 0. The molecule has 4 aromatic rings. The van der Waals surface area contributed by atoms with E-state index in [1.165, 1.54) is 0 Å². The van der Waals surface area contributed by atoms with E-state index in [0.29, 0.717) is 34.3 Å². The predicted molar refractivity (Wildman–Crippen MR) is 171 cm³/mol. The zero-order valence-electron chi connectivity index (χ0n) is 26.4. The van der Waals surface area contributed by atoms with Crippen LogP contribution >= 0.6 is 11.6 Å². The van der Waals surface area contributed by atoms with Crippen LogP contribution in [-0.2, 0) is 16.1 Å². The molecule has 0 saturated heterocycles. The van der Waals surface area contributed by atoms with E-state index < -0.39 is 30.1 Å². The highest BCUT2D eigenvalue weighted by molar-refractivity contribution is 6.31. The molecule has 0 aliphatic rings. The Kier molecular flexibility index (Phi) is 14.2. The Morgan fingerprint density at radius 3 is 1.98 bits per heavy atom. The number of pyridine rings is 1. The van der Waals surface area contributed by atoms with Crippen LogP contribution in [0.2, 0.25) is 5.02 Å². The van der Waals surface area contributed by atoms with Crippen molar-refractivity contribution >= 4 is 51.8 Å². The van der Waals surface area contributed by atoms with Crippen molar-refractivity contribution in [3.05, 3.63) is 88.7 Å². The van der Waals surface area contributed by atoms with Crippen molar-refractivity contribution in [2.45, 2.75) is 45.8 Å². The fraction of sp³-hybridized carbons (Fsp3) is 0.250. The van der Waals surface area contributed by atoms with E-state index in [1.807, 2.05) is 62.1 Å². The van der Waals surface area contributed by atoms with Gasteiger partial charge in [-0.25, -0.2) is 19.0 Å². The smallest absolute Gasteiger partial charge is 0.490 e. The molecule has 0 aliphatic heterocycles. The predicted octanol–water partition coefficient (Wildman–Crippen LogP) is 8.10. The highest BCUT2D eigenvalue weighted by Crippen LogP contribution is 2.34. The van der Waals surface area contributed by atoms with Crippen molar-refractivity contribution in [3.8, 4) is 11.5 Å². The number of ether oxygens (including phenoxy) is 2. The molecular formula is C32H30ClF7N4O6. The number of carboxylic acid groups (broad SMARTS) is 2. The first-order chi connectivity index (χ1) is 23.1. The molecule has 18 heteroatoms. The van der Waals surface area contributed by atoms with Crippen LogP contribution in [0.1, 0.15) is 31.9 Å². The van der Waals surface area contributed by atoms with Crippen LogP contribution in [0.15, 0.2) is 66.7 Å². The molecule has 1 heterocycles. The average molecular weight is 735 g/mol. The Labute approximate surface area is 285 Å². The van der Waals surface area contributed by atoms with Gasteiger partial charge in [0.2, 0.25) is 0 Å². The van der Waals surface area contributed by atoms with Crippen LogP contribution in [0.4, 0.5) is 42.2 Å². The molecule has 0 aliphatic carbocycles. The van der Waals surface area contributed by atoms with E-state index in [1.54, 1.807) is 30.3 Å². The number of fused-ring (bicyclic) bond motifs is 1. The van der Waals surface area contributed by atoms with Crippen molar-refractivity contribution < 1.29 is 60.0 Å². The average Bonchev–Trinajstić information content (AvgIpc) is 3.01. The van der Waals surface area contributed by atoms with Gasteiger partial charge in [-0.05, 0) is 81.4 Å². The summed E-state index contributed by atoms with van der Waals surface area (Å²) in [5, 5.41) is 23.5. The fourth-order valence-corrected chi connectivity index (χ4v) is 4.04. The van der Waals surface area contributed by atoms with Crippen molar-refractivity contribution in [1.29, 1.82) is 5.41 Å². The number of nitrogens with one attached hydrogen (secondary N) is 1. The van der Waals surface area contributed by atoms with Crippen LogP contribution in [0.25, 0.3) is 10.9 Å². The van der Waals surface area contributed by atoms with Gasteiger partial charge in [0.15, 0.2) is 11.6 Å². The third-order valence-corrected chi connectivity index (χ3v) is 6.21. The number of alkyl halides is 6. The third kappa shape index (κ3) is 12.3. The van der Waals surface area contributed by atoms with Crippen molar-refractivity contribution in [1.82, 2.24) is 4.98 Å². The van der Waals surface area contributed by atoms with E-state index in [2.05, 4.69) is 0 Å². The number of hydrogen-bond acceptors (Lipinski definition) is 7. The number of amidine groups is 1. The topological polar surface area (TPSA) is 159 Å². The van der Waals surface area contributed by atoms with Crippen LogP contribution < -0.4 is 20.1 Å². The first-order valence-corrected chi connectivity index (χ1v) is 14.5. The lowest BCUT2D eigenvalue weighted by Crippen LogP contribution is -2.21. The Morgan fingerprint density at radius 2 is 1.50 bits per heavy atom. The summed E-state index contributed by atoms with van der Waals surface area (Å²) < 4.78 is 90.5. The second kappa shape index (κ2) is 17.4. The van der Waals surface area contributed by atoms with Gasteiger partial charge in [0, 0.05) is 33.3 Å². The molecule has 0 atom stereocenters. The Hall–Kier alpha value is -5.32. The van der Waals surface area contributed by atoms with E-state index in [-0.39, 0.29) is 24.2 Å². The van der Waals surface area contributed by atoms with Crippen LogP contribution in [0.5, 0.6) is 11.5 Å². The van der Waals surface area contributed by atoms with Gasteiger partial charge in [-0.2, -0.15) is 26.3 Å². The van der Waals surface area contributed by atoms with Crippen LogP contribution in [-0.4, -0.2) is 58.0 Å².